The van der Waals surface area contributed by atoms with Crippen LogP contribution in [0.4, 0.5) is 0 Å². The maximum absolute atomic E-state index is 11.8. The van der Waals surface area contributed by atoms with Gasteiger partial charge in [0.15, 0.2) is 0 Å². The fourth-order valence-electron chi connectivity index (χ4n) is 1.56. The van der Waals surface area contributed by atoms with Gasteiger partial charge in [-0.2, -0.15) is 0 Å². The van der Waals surface area contributed by atoms with E-state index in [4.69, 9.17) is 4.74 Å². The zero-order valence-corrected chi connectivity index (χ0v) is 11.0. The molecule has 0 aromatic heterocycles. The Hall–Kier alpha value is -0.530. The quantitative estimate of drug-likeness (QED) is 0.631. The maximum atomic E-state index is 11.8. The van der Waals surface area contributed by atoms with E-state index in [2.05, 4.69) is 27.7 Å². The molecule has 90 valence electrons. The Bertz CT molecular complexity index is 183. The molecule has 2 nitrogen and oxygen atoms in total. The van der Waals surface area contributed by atoms with Crippen LogP contribution < -0.4 is 0 Å². The standard InChI is InChI=1S/C13H26O2/c1-9(2)7-8-12(10(3)4)13(14)15-11(5)6/h9-12H,7-8H2,1-6H3. The van der Waals surface area contributed by atoms with Crippen molar-refractivity contribution in [2.45, 2.75) is 60.5 Å². The van der Waals surface area contributed by atoms with E-state index >= 15 is 0 Å². The Morgan fingerprint density at radius 1 is 1.00 bits per heavy atom. The van der Waals surface area contributed by atoms with Crippen LogP contribution in [0.15, 0.2) is 0 Å². The lowest BCUT2D eigenvalue weighted by Gasteiger charge is -2.21. The molecule has 0 bridgehead atoms. The third-order valence-corrected chi connectivity index (χ3v) is 2.51. The van der Waals surface area contributed by atoms with E-state index in [9.17, 15) is 4.79 Å². The molecule has 0 aromatic carbocycles. The van der Waals surface area contributed by atoms with Crippen LogP contribution in [0.2, 0.25) is 0 Å². The summed E-state index contributed by atoms with van der Waals surface area (Å²) in [5.74, 6) is 1.06. The molecule has 0 aromatic rings. The van der Waals surface area contributed by atoms with E-state index in [1.54, 1.807) is 0 Å². The average Bonchev–Trinajstić information content (AvgIpc) is 2.01. The van der Waals surface area contributed by atoms with Crippen molar-refractivity contribution in [3.05, 3.63) is 0 Å². The third-order valence-electron chi connectivity index (χ3n) is 2.51. The molecule has 1 atom stereocenters. The zero-order chi connectivity index (χ0) is 12.0. The SMILES string of the molecule is CC(C)CCC(C(=O)OC(C)C)C(C)C. The molecular weight excluding hydrogens is 188 g/mol. The first-order valence-electron chi connectivity index (χ1n) is 6.05. The summed E-state index contributed by atoms with van der Waals surface area (Å²) < 4.78 is 5.27. The molecule has 2 heteroatoms. The summed E-state index contributed by atoms with van der Waals surface area (Å²) in [5.41, 5.74) is 0. The van der Waals surface area contributed by atoms with Crippen molar-refractivity contribution in [2.75, 3.05) is 0 Å². The second-order valence-corrected chi connectivity index (χ2v) is 5.31. The van der Waals surface area contributed by atoms with Crippen molar-refractivity contribution in [1.29, 1.82) is 0 Å². The number of hydrogen-bond acceptors (Lipinski definition) is 2. The van der Waals surface area contributed by atoms with Crippen LogP contribution >= 0.6 is 0 Å². The lowest BCUT2D eigenvalue weighted by molar-refractivity contribution is -0.154. The molecule has 0 radical (unpaired) electrons. The first-order chi connectivity index (χ1) is 6.84. The van der Waals surface area contributed by atoms with Crippen molar-refractivity contribution in [2.24, 2.45) is 17.8 Å². The Balaban J connectivity index is 4.19. The van der Waals surface area contributed by atoms with E-state index in [1.807, 2.05) is 13.8 Å². The first-order valence-corrected chi connectivity index (χ1v) is 6.05. The highest BCUT2D eigenvalue weighted by Crippen LogP contribution is 2.22. The zero-order valence-electron chi connectivity index (χ0n) is 11.0. The van der Waals surface area contributed by atoms with Crippen LogP contribution in [-0.4, -0.2) is 12.1 Å². The predicted octanol–water partition coefficient (Wildman–Crippen LogP) is 3.65. The molecule has 0 aliphatic rings. The average molecular weight is 214 g/mol. The van der Waals surface area contributed by atoms with E-state index in [0.29, 0.717) is 11.8 Å². The number of esters is 1. The van der Waals surface area contributed by atoms with Crippen LogP contribution in [0.5, 0.6) is 0 Å². The van der Waals surface area contributed by atoms with Gasteiger partial charge >= 0.3 is 5.97 Å². The summed E-state index contributed by atoms with van der Waals surface area (Å²) in [6.45, 7) is 12.4. The molecular formula is C13H26O2. The van der Waals surface area contributed by atoms with Gasteiger partial charge in [0.05, 0.1) is 12.0 Å². The van der Waals surface area contributed by atoms with Gasteiger partial charge in [-0.25, -0.2) is 0 Å². The second kappa shape index (κ2) is 6.86. The van der Waals surface area contributed by atoms with Gasteiger partial charge in [0.25, 0.3) is 0 Å². The molecule has 0 spiro atoms. The normalized spacial score (nSPS) is 13.7. The third kappa shape index (κ3) is 6.53. The second-order valence-electron chi connectivity index (χ2n) is 5.31. The lowest BCUT2D eigenvalue weighted by Crippen LogP contribution is -2.25. The van der Waals surface area contributed by atoms with Crippen molar-refractivity contribution in [1.82, 2.24) is 0 Å². The molecule has 0 heterocycles. The highest BCUT2D eigenvalue weighted by molar-refractivity contribution is 5.72. The van der Waals surface area contributed by atoms with Crippen molar-refractivity contribution in [3.8, 4) is 0 Å². The molecule has 0 N–H and O–H groups in total. The van der Waals surface area contributed by atoms with Crippen LogP contribution in [0, 0.1) is 17.8 Å². The number of rotatable bonds is 6. The summed E-state index contributed by atoms with van der Waals surface area (Å²) in [7, 11) is 0. The van der Waals surface area contributed by atoms with E-state index < -0.39 is 0 Å². The minimum atomic E-state index is -0.0272. The van der Waals surface area contributed by atoms with E-state index in [0.717, 1.165) is 12.8 Å². The molecule has 1 unspecified atom stereocenters. The molecule has 0 saturated carbocycles. The number of carbonyl (C=O) groups excluding carboxylic acids is 1. The van der Waals surface area contributed by atoms with Crippen molar-refractivity contribution >= 4 is 5.97 Å². The van der Waals surface area contributed by atoms with Gasteiger partial charge in [-0.05, 0) is 32.1 Å². The Morgan fingerprint density at radius 3 is 1.87 bits per heavy atom. The first kappa shape index (κ1) is 14.5. The van der Waals surface area contributed by atoms with Gasteiger partial charge in [-0.3, -0.25) is 4.79 Å². The van der Waals surface area contributed by atoms with Gasteiger partial charge in [0.1, 0.15) is 0 Å². The van der Waals surface area contributed by atoms with Crippen molar-refractivity contribution in [3.63, 3.8) is 0 Å². The molecule has 15 heavy (non-hydrogen) atoms. The molecule has 0 aliphatic heterocycles. The summed E-state index contributed by atoms with van der Waals surface area (Å²) in [5, 5.41) is 0. The van der Waals surface area contributed by atoms with E-state index in [-0.39, 0.29) is 18.0 Å². The fraction of sp³-hybridized carbons (Fsp3) is 0.923. The molecule has 0 rings (SSSR count). The van der Waals surface area contributed by atoms with Crippen LogP contribution in [0.25, 0.3) is 0 Å². The van der Waals surface area contributed by atoms with Crippen LogP contribution in [-0.2, 0) is 9.53 Å². The highest BCUT2D eigenvalue weighted by Gasteiger charge is 2.24. The fourth-order valence-corrected chi connectivity index (χ4v) is 1.56. The molecule has 0 saturated heterocycles. The van der Waals surface area contributed by atoms with Crippen molar-refractivity contribution < 1.29 is 9.53 Å². The van der Waals surface area contributed by atoms with Gasteiger partial charge in [-0.1, -0.05) is 34.1 Å². The Labute approximate surface area is 94.4 Å². The number of ether oxygens (including phenoxy) is 1. The van der Waals surface area contributed by atoms with Crippen LogP contribution in [0.3, 0.4) is 0 Å². The topological polar surface area (TPSA) is 26.3 Å². The van der Waals surface area contributed by atoms with Gasteiger partial charge in [0.2, 0.25) is 0 Å². The monoisotopic (exact) mass is 214 g/mol. The summed E-state index contributed by atoms with van der Waals surface area (Å²) >= 11 is 0. The van der Waals surface area contributed by atoms with E-state index in [1.165, 1.54) is 0 Å². The highest BCUT2D eigenvalue weighted by atomic mass is 16.5. The van der Waals surface area contributed by atoms with Gasteiger partial charge < -0.3 is 4.74 Å². The number of hydrogen-bond donors (Lipinski definition) is 0. The van der Waals surface area contributed by atoms with Gasteiger partial charge in [0, 0.05) is 0 Å². The smallest absolute Gasteiger partial charge is 0.309 e. The minimum absolute atomic E-state index is 0.00204. The summed E-state index contributed by atoms with van der Waals surface area (Å²) in [4.78, 5) is 11.8. The maximum Gasteiger partial charge on any atom is 0.309 e. The molecule has 0 fully saturated rings. The Morgan fingerprint density at radius 2 is 1.53 bits per heavy atom. The molecule has 0 amide bonds. The minimum Gasteiger partial charge on any atom is -0.463 e. The number of carbonyl (C=O) groups is 1. The van der Waals surface area contributed by atoms with Gasteiger partial charge in [-0.15, -0.1) is 0 Å². The largest absolute Gasteiger partial charge is 0.463 e. The summed E-state index contributed by atoms with van der Waals surface area (Å²) in [6, 6.07) is 0. The predicted molar refractivity (Wildman–Crippen MR) is 63.6 cm³/mol. The van der Waals surface area contributed by atoms with Crippen LogP contribution in [0.1, 0.15) is 54.4 Å². The Kier molecular flexibility index (Phi) is 6.62. The lowest BCUT2D eigenvalue weighted by atomic mass is 9.89. The molecule has 0 aliphatic carbocycles. The summed E-state index contributed by atoms with van der Waals surface area (Å²) in [6.07, 6.45) is 2.04.